The van der Waals surface area contributed by atoms with Crippen LogP contribution in [-0.4, -0.2) is 37.1 Å². The van der Waals surface area contributed by atoms with Gasteiger partial charge in [0.05, 0.1) is 5.69 Å². The standard InChI is InChI=1S/C13H25N3O2Si/c1-19(2,3)9-8-17-10-16-6-4-12(15-16)13-11(14)5-7-18-13/h4,6,11,13H,5,7-10,14H2,1-3H3/t11-,13-/m1/s1. The summed E-state index contributed by atoms with van der Waals surface area (Å²) in [6, 6.07) is 3.21. The van der Waals surface area contributed by atoms with E-state index in [0.717, 1.165) is 25.3 Å². The van der Waals surface area contributed by atoms with Crippen LogP contribution < -0.4 is 5.73 Å². The molecule has 2 heterocycles. The lowest BCUT2D eigenvalue weighted by atomic mass is 10.1. The Kier molecular flexibility index (Phi) is 4.78. The molecule has 0 aliphatic carbocycles. The first-order valence-corrected chi connectivity index (χ1v) is 10.6. The molecule has 2 rings (SSSR count). The van der Waals surface area contributed by atoms with Crippen molar-refractivity contribution in [2.75, 3.05) is 13.2 Å². The molecule has 2 atom stereocenters. The maximum atomic E-state index is 5.99. The number of aromatic nitrogens is 2. The van der Waals surface area contributed by atoms with E-state index in [2.05, 4.69) is 24.7 Å². The predicted molar refractivity (Wildman–Crippen MR) is 77.6 cm³/mol. The van der Waals surface area contributed by atoms with Crippen LogP contribution in [0.4, 0.5) is 0 Å². The number of rotatable bonds is 6. The van der Waals surface area contributed by atoms with Crippen LogP contribution >= 0.6 is 0 Å². The third-order valence-electron chi connectivity index (χ3n) is 3.31. The van der Waals surface area contributed by atoms with Gasteiger partial charge in [-0.3, -0.25) is 0 Å². The summed E-state index contributed by atoms with van der Waals surface area (Å²) in [4.78, 5) is 0. The van der Waals surface area contributed by atoms with E-state index < -0.39 is 8.07 Å². The van der Waals surface area contributed by atoms with Crippen molar-refractivity contribution in [2.24, 2.45) is 5.73 Å². The van der Waals surface area contributed by atoms with Gasteiger partial charge in [0.2, 0.25) is 0 Å². The molecule has 0 unspecified atom stereocenters. The molecule has 0 amide bonds. The van der Waals surface area contributed by atoms with Gasteiger partial charge in [0.25, 0.3) is 0 Å². The lowest BCUT2D eigenvalue weighted by Crippen LogP contribution is -2.24. The van der Waals surface area contributed by atoms with Crippen molar-refractivity contribution in [1.29, 1.82) is 0 Å². The van der Waals surface area contributed by atoms with E-state index in [9.17, 15) is 0 Å². The molecule has 108 valence electrons. The summed E-state index contributed by atoms with van der Waals surface area (Å²) < 4.78 is 13.1. The lowest BCUT2D eigenvalue weighted by molar-refractivity contribution is 0.0740. The Morgan fingerprint density at radius 1 is 1.53 bits per heavy atom. The topological polar surface area (TPSA) is 62.3 Å². The zero-order chi connectivity index (χ0) is 13.9. The zero-order valence-corrected chi connectivity index (χ0v) is 13.1. The summed E-state index contributed by atoms with van der Waals surface area (Å²) in [7, 11) is -1.01. The quantitative estimate of drug-likeness (QED) is 0.640. The summed E-state index contributed by atoms with van der Waals surface area (Å²) >= 11 is 0. The van der Waals surface area contributed by atoms with Crippen LogP contribution in [0.15, 0.2) is 12.3 Å². The van der Waals surface area contributed by atoms with E-state index in [4.69, 9.17) is 15.2 Å². The number of nitrogens with zero attached hydrogens (tertiary/aromatic N) is 2. The Morgan fingerprint density at radius 3 is 2.95 bits per heavy atom. The maximum Gasteiger partial charge on any atom is 0.139 e. The van der Waals surface area contributed by atoms with Gasteiger partial charge in [-0.1, -0.05) is 19.6 Å². The molecule has 1 fully saturated rings. The van der Waals surface area contributed by atoms with Crippen molar-refractivity contribution in [3.63, 3.8) is 0 Å². The second kappa shape index (κ2) is 6.17. The van der Waals surface area contributed by atoms with E-state index in [1.54, 1.807) is 0 Å². The Labute approximate surface area is 116 Å². The Hall–Kier alpha value is -0.693. The van der Waals surface area contributed by atoms with Crippen LogP contribution in [0.25, 0.3) is 0 Å². The highest BCUT2D eigenvalue weighted by molar-refractivity contribution is 6.76. The van der Waals surface area contributed by atoms with Crippen LogP contribution in [0.5, 0.6) is 0 Å². The molecule has 0 aromatic carbocycles. The summed E-state index contributed by atoms with van der Waals surface area (Å²) in [6.45, 7) is 9.09. The molecule has 1 aliphatic heterocycles. The number of nitrogens with two attached hydrogens (primary N) is 1. The Balaban J connectivity index is 1.78. The van der Waals surface area contributed by atoms with Crippen LogP contribution in [-0.2, 0) is 16.2 Å². The normalized spacial score (nSPS) is 24.0. The molecule has 0 saturated carbocycles. The van der Waals surface area contributed by atoms with E-state index >= 15 is 0 Å². The smallest absolute Gasteiger partial charge is 0.139 e. The fourth-order valence-corrected chi connectivity index (χ4v) is 2.80. The van der Waals surface area contributed by atoms with Crippen LogP contribution in [0.3, 0.4) is 0 Å². The molecular formula is C13H25N3O2Si. The van der Waals surface area contributed by atoms with Crippen molar-refractivity contribution in [3.05, 3.63) is 18.0 Å². The average Bonchev–Trinajstić information content (AvgIpc) is 2.91. The van der Waals surface area contributed by atoms with Crippen molar-refractivity contribution >= 4 is 8.07 Å². The second-order valence-electron chi connectivity index (χ2n) is 6.37. The second-order valence-corrected chi connectivity index (χ2v) is 12.0. The molecule has 6 heteroatoms. The van der Waals surface area contributed by atoms with Crippen molar-refractivity contribution < 1.29 is 9.47 Å². The van der Waals surface area contributed by atoms with Crippen molar-refractivity contribution in [1.82, 2.24) is 9.78 Å². The minimum Gasteiger partial charge on any atom is -0.370 e. The van der Waals surface area contributed by atoms with E-state index in [1.165, 1.54) is 6.04 Å². The first-order valence-electron chi connectivity index (χ1n) is 6.94. The van der Waals surface area contributed by atoms with Crippen molar-refractivity contribution in [2.45, 2.75) is 51.0 Å². The van der Waals surface area contributed by atoms with Gasteiger partial charge in [0.1, 0.15) is 12.8 Å². The molecule has 0 spiro atoms. The van der Waals surface area contributed by atoms with Gasteiger partial charge < -0.3 is 15.2 Å². The molecule has 1 saturated heterocycles. The van der Waals surface area contributed by atoms with Crippen LogP contribution in [0.1, 0.15) is 18.2 Å². The molecule has 19 heavy (non-hydrogen) atoms. The number of ether oxygens (including phenoxy) is 2. The fourth-order valence-electron chi connectivity index (χ4n) is 2.05. The summed E-state index contributed by atoms with van der Waals surface area (Å²) in [6.07, 6.45) is 2.78. The molecular weight excluding hydrogens is 258 g/mol. The Bertz CT molecular complexity index is 403. The molecule has 2 N–H and O–H groups in total. The van der Waals surface area contributed by atoms with Gasteiger partial charge in [-0.05, 0) is 18.5 Å². The number of hydrogen-bond acceptors (Lipinski definition) is 4. The first kappa shape index (κ1) is 14.7. The maximum absolute atomic E-state index is 5.99. The highest BCUT2D eigenvalue weighted by Gasteiger charge is 2.28. The predicted octanol–water partition coefficient (Wildman–Crippen LogP) is 1.98. The third-order valence-corrected chi connectivity index (χ3v) is 5.01. The van der Waals surface area contributed by atoms with Gasteiger partial charge in [0.15, 0.2) is 0 Å². The summed E-state index contributed by atoms with van der Waals surface area (Å²) in [5.41, 5.74) is 6.90. The lowest BCUT2D eigenvalue weighted by Gasteiger charge is -2.15. The van der Waals surface area contributed by atoms with E-state index in [0.29, 0.717) is 6.73 Å². The van der Waals surface area contributed by atoms with Gasteiger partial charge in [-0.25, -0.2) is 4.68 Å². The SMILES string of the molecule is C[Si](C)(C)CCOCn1ccc([C@@H]2OCC[C@H]2N)n1. The largest absolute Gasteiger partial charge is 0.370 e. The van der Waals surface area contributed by atoms with Gasteiger partial charge in [-0.15, -0.1) is 0 Å². The van der Waals surface area contributed by atoms with Crippen LogP contribution in [0.2, 0.25) is 25.7 Å². The average molecular weight is 283 g/mol. The monoisotopic (exact) mass is 283 g/mol. The molecule has 0 radical (unpaired) electrons. The van der Waals surface area contributed by atoms with E-state index in [-0.39, 0.29) is 12.1 Å². The highest BCUT2D eigenvalue weighted by atomic mass is 28.3. The zero-order valence-electron chi connectivity index (χ0n) is 12.1. The molecule has 5 nitrogen and oxygen atoms in total. The number of hydrogen-bond donors (Lipinski definition) is 1. The minimum absolute atomic E-state index is 0.0526. The molecule has 0 bridgehead atoms. The minimum atomic E-state index is -1.01. The Morgan fingerprint density at radius 2 is 2.32 bits per heavy atom. The summed E-state index contributed by atoms with van der Waals surface area (Å²) in [5, 5.41) is 4.47. The van der Waals surface area contributed by atoms with Gasteiger partial charge >= 0.3 is 0 Å². The van der Waals surface area contributed by atoms with Crippen LogP contribution in [0, 0.1) is 0 Å². The fraction of sp³-hybridized carbons (Fsp3) is 0.769. The molecule has 1 aliphatic rings. The van der Waals surface area contributed by atoms with Gasteiger partial charge in [-0.2, -0.15) is 5.10 Å². The third kappa shape index (κ3) is 4.41. The molecule has 1 aromatic heterocycles. The molecule has 1 aromatic rings. The highest BCUT2D eigenvalue weighted by Crippen LogP contribution is 2.26. The van der Waals surface area contributed by atoms with Crippen molar-refractivity contribution in [3.8, 4) is 0 Å². The summed E-state index contributed by atoms with van der Waals surface area (Å²) in [5.74, 6) is 0. The van der Waals surface area contributed by atoms with Gasteiger partial charge in [0, 0.05) is 33.5 Å². The first-order chi connectivity index (χ1) is 8.96. The van der Waals surface area contributed by atoms with E-state index in [1.807, 2.05) is 16.9 Å².